The highest BCUT2D eigenvalue weighted by Crippen LogP contribution is 2.28. The van der Waals surface area contributed by atoms with Gasteiger partial charge in [-0.1, -0.05) is 118 Å². The molecule has 0 spiro atoms. The van der Waals surface area contributed by atoms with E-state index in [4.69, 9.17) is 31.0 Å². The normalized spacial score (nSPS) is 15.1. The van der Waals surface area contributed by atoms with Crippen LogP contribution in [0.3, 0.4) is 0 Å². The lowest BCUT2D eigenvalue weighted by Crippen LogP contribution is -2.43. The Hall–Kier alpha value is -6.52. The van der Waals surface area contributed by atoms with E-state index in [1.54, 1.807) is 36.4 Å². The summed E-state index contributed by atoms with van der Waals surface area (Å²) in [6.07, 6.45) is 18.5. The average molecular weight is 978 g/mol. The number of nitrogens with one attached hydrogen (secondary N) is 1. The predicted octanol–water partition coefficient (Wildman–Crippen LogP) is 13.2. The molecule has 3 aliphatic rings. The second-order valence-electron chi connectivity index (χ2n) is 21.0. The molecule has 0 aromatic heterocycles. The number of carbonyl (C=O) groups excluding carboxylic acids is 3. The van der Waals surface area contributed by atoms with Crippen molar-refractivity contribution in [2.75, 3.05) is 0 Å². The molecule has 0 bridgehead atoms. The summed E-state index contributed by atoms with van der Waals surface area (Å²) in [5.74, 6) is 0. The van der Waals surface area contributed by atoms with Crippen molar-refractivity contribution in [1.82, 2.24) is 15.1 Å². The van der Waals surface area contributed by atoms with Crippen LogP contribution in [0.4, 0.5) is 9.59 Å². The molecule has 12 nitrogen and oxygen atoms in total. The van der Waals surface area contributed by atoms with E-state index in [2.05, 4.69) is 29.6 Å². The Kier molecular flexibility index (Phi) is 24.5. The topological polar surface area (TPSA) is 186 Å². The van der Waals surface area contributed by atoms with Gasteiger partial charge in [0.25, 0.3) is 0 Å². The van der Waals surface area contributed by atoms with Crippen LogP contribution in [-0.2, 0) is 35.7 Å². The zero-order valence-corrected chi connectivity index (χ0v) is 43.8. The molecule has 0 unspecified atom stereocenters. The van der Waals surface area contributed by atoms with E-state index in [0.29, 0.717) is 42.4 Å². The number of benzene rings is 4. The lowest BCUT2D eigenvalue weighted by molar-refractivity contribution is 0.00889. The summed E-state index contributed by atoms with van der Waals surface area (Å²) in [4.78, 5) is 39.2. The van der Waals surface area contributed by atoms with Crippen LogP contribution in [-0.4, -0.2) is 57.6 Å². The first kappa shape index (κ1) is 58.1. The van der Waals surface area contributed by atoms with Gasteiger partial charge in [-0.05, 0) is 139 Å². The molecule has 3 fully saturated rings. The summed E-state index contributed by atoms with van der Waals surface area (Å²) in [5.41, 5.74) is 11.8. The fourth-order valence-corrected chi connectivity index (χ4v) is 8.87. The lowest BCUT2D eigenvalue weighted by atomic mass is 9.94. The van der Waals surface area contributed by atoms with Gasteiger partial charge < -0.3 is 30.3 Å². The maximum absolute atomic E-state index is 12.7. The van der Waals surface area contributed by atoms with Gasteiger partial charge in [0.2, 0.25) is 0 Å². The Balaban J connectivity index is 0.000000217. The average Bonchev–Trinajstić information content (AvgIpc) is 3.39. The fraction of sp³-hybridized carbons (Fsp3) is 0.500. The van der Waals surface area contributed by atoms with Gasteiger partial charge in [0.1, 0.15) is 17.5 Å². The number of ether oxygens (including phenoxy) is 2. The first-order chi connectivity index (χ1) is 34.5. The van der Waals surface area contributed by atoms with Gasteiger partial charge in [-0.2, -0.15) is 15.8 Å². The van der Waals surface area contributed by atoms with Crippen molar-refractivity contribution in [3.8, 4) is 18.2 Å². The Morgan fingerprint density at radius 1 is 0.542 bits per heavy atom. The number of carbonyl (C=O) groups is 3. The van der Waals surface area contributed by atoms with Crippen molar-refractivity contribution in [1.29, 1.82) is 15.8 Å². The Bertz CT molecular complexity index is 2350. The van der Waals surface area contributed by atoms with Crippen molar-refractivity contribution in [3.63, 3.8) is 0 Å². The number of nitrogens with zero attached hydrogens (tertiary/aromatic N) is 5. The smallest absolute Gasteiger partial charge is 0.410 e. The molecular weight excluding hydrogens is 899 g/mol. The van der Waals surface area contributed by atoms with Crippen LogP contribution in [0.25, 0.3) is 0 Å². The molecule has 4 aromatic carbocycles. The monoisotopic (exact) mass is 978 g/mol. The van der Waals surface area contributed by atoms with Gasteiger partial charge in [-0.3, -0.25) is 4.79 Å². The standard InChI is InChI=1S/C19H30N2O2.C19H26N2O2.C14H18N2.C8H5NO/c2*1-19(2,3)23-18(22)21(17-7-5-4-6-8-17)14-16-11-9-15(13-20)10-12-16;15-10-12-6-8-13(9-7-12)11-16-14-4-2-1-3-5-14;9-5-7-1-3-8(6-10)4-2-7/h9-12,17H,4-8,13-14,20H2,1-3H3;9-12,17H,4-8,14H2,1-3H3;6-9,14,16H,1-5,11H2;1-4,6H. The maximum atomic E-state index is 12.7. The van der Waals surface area contributed by atoms with E-state index in [1.807, 2.05) is 106 Å². The highest BCUT2D eigenvalue weighted by atomic mass is 16.6. The number of amides is 2. The van der Waals surface area contributed by atoms with E-state index < -0.39 is 11.2 Å². The minimum Gasteiger partial charge on any atom is -0.444 e. The molecule has 2 amide bonds. The molecular formula is C60H79N7O5. The summed E-state index contributed by atoms with van der Waals surface area (Å²) in [7, 11) is 0. The molecule has 0 saturated heterocycles. The highest BCUT2D eigenvalue weighted by molar-refractivity contribution is 5.74. The summed E-state index contributed by atoms with van der Waals surface area (Å²) in [6, 6.07) is 37.4. The van der Waals surface area contributed by atoms with Crippen LogP contribution >= 0.6 is 0 Å². The summed E-state index contributed by atoms with van der Waals surface area (Å²) in [6.45, 7) is 14.0. The predicted molar refractivity (Wildman–Crippen MR) is 284 cm³/mol. The number of nitriles is 3. The van der Waals surface area contributed by atoms with Crippen LogP contribution in [0.5, 0.6) is 0 Å². The lowest BCUT2D eigenvalue weighted by Gasteiger charge is -2.35. The molecule has 384 valence electrons. The number of hydrogen-bond acceptors (Lipinski definition) is 10. The molecule has 0 heterocycles. The van der Waals surface area contributed by atoms with Crippen molar-refractivity contribution < 1.29 is 23.9 Å². The van der Waals surface area contributed by atoms with Gasteiger partial charge in [0, 0.05) is 49.9 Å². The van der Waals surface area contributed by atoms with Gasteiger partial charge in [-0.15, -0.1) is 0 Å². The van der Waals surface area contributed by atoms with E-state index >= 15 is 0 Å². The van der Waals surface area contributed by atoms with E-state index in [-0.39, 0.29) is 24.3 Å². The van der Waals surface area contributed by atoms with Crippen LogP contribution in [0.1, 0.15) is 187 Å². The molecule has 3 N–H and O–H groups in total. The second kappa shape index (κ2) is 30.4. The highest BCUT2D eigenvalue weighted by Gasteiger charge is 2.31. The largest absolute Gasteiger partial charge is 0.444 e. The number of hydrogen-bond donors (Lipinski definition) is 2. The molecule has 0 atom stereocenters. The minimum atomic E-state index is -0.491. The van der Waals surface area contributed by atoms with E-state index in [0.717, 1.165) is 73.6 Å². The maximum Gasteiger partial charge on any atom is 0.410 e. The number of rotatable bonds is 11. The SMILES string of the molecule is CC(C)(C)OC(=O)N(Cc1ccc(C#N)cc1)C1CCCCC1.CC(C)(C)OC(=O)N(Cc1ccc(CN)cc1)C1CCCCC1.N#Cc1ccc(C=O)cc1.N#Cc1ccc(CNC2CCCCC2)cc1. The van der Waals surface area contributed by atoms with Crippen molar-refractivity contribution in [3.05, 3.63) is 142 Å². The number of aldehydes is 1. The molecule has 3 saturated carbocycles. The molecule has 0 aliphatic heterocycles. The molecule has 7 rings (SSSR count). The third kappa shape index (κ3) is 21.9. The molecule has 0 radical (unpaired) electrons. The zero-order valence-electron chi connectivity index (χ0n) is 43.8. The molecule has 4 aromatic rings. The first-order valence-corrected chi connectivity index (χ1v) is 26.0. The van der Waals surface area contributed by atoms with Gasteiger partial charge in [0.15, 0.2) is 0 Å². The summed E-state index contributed by atoms with van der Waals surface area (Å²) in [5, 5.41) is 29.5. The Morgan fingerprint density at radius 2 is 0.875 bits per heavy atom. The Labute approximate surface area is 430 Å². The van der Waals surface area contributed by atoms with Crippen LogP contribution in [0, 0.1) is 34.0 Å². The van der Waals surface area contributed by atoms with Crippen LogP contribution in [0.2, 0.25) is 0 Å². The second-order valence-corrected chi connectivity index (χ2v) is 21.0. The summed E-state index contributed by atoms with van der Waals surface area (Å²) < 4.78 is 11.2. The van der Waals surface area contributed by atoms with Crippen molar-refractivity contribution in [2.24, 2.45) is 5.73 Å². The molecule has 72 heavy (non-hydrogen) atoms. The fourth-order valence-electron chi connectivity index (χ4n) is 8.87. The van der Waals surface area contributed by atoms with E-state index in [1.165, 1.54) is 63.4 Å². The molecule has 3 aliphatic carbocycles. The third-order valence-electron chi connectivity index (χ3n) is 12.8. The zero-order chi connectivity index (χ0) is 52.4. The van der Waals surface area contributed by atoms with Gasteiger partial charge in [0.05, 0.1) is 34.9 Å². The van der Waals surface area contributed by atoms with Crippen LogP contribution in [0.15, 0.2) is 97.1 Å². The minimum absolute atomic E-state index is 0.202. The Morgan fingerprint density at radius 3 is 1.22 bits per heavy atom. The quantitative estimate of drug-likeness (QED) is 0.137. The molecule has 12 heteroatoms. The van der Waals surface area contributed by atoms with Gasteiger partial charge >= 0.3 is 12.2 Å². The van der Waals surface area contributed by atoms with Gasteiger partial charge in [-0.25, -0.2) is 9.59 Å². The summed E-state index contributed by atoms with van der Waals surface area (Å²) >= 11 is 0. The van der Waals surface area contributed by atoms with Crippen molar-refractivity contribution >= 4 is 18.5 Å². The number of nitrogens with two attached hydrogens (primary N) is 1. The first-order valence-electron chi connectivity index (χ1n) is 26.0. The van der Waals surface area contributed by atoms with E-state index in [9.17, 15) is 14.4 Å². The van der Waals surface area contributed by atoms with Crippen molar-refractivity contribution in [2.45, 2.75) is 193 Å². The third-order valence-corrected chi connectivity index (χ3v) is 12.8. The van der Waals surface area contributed by atoms with Crippen LogP contribution < -0.4 is 11.1 Å².